The maximum Gasteiger partial charge on any atom is 0.120 e. The number of pyridine rings is 1. The number of nitrogens with one attached hydrogen (secondary N) is 2. The number of benzene rings is 2. The summed E-state index contributed by atoms with van der Waals surface area (Å²) in [6.45, 7) is 4.67. The van der Waals surface area contributed by atoms with Crippen molar-refractivity contribution in [2.75, 3.05) is 26.2 Å². The summed E-state index contributed by atoms with van der Waals surface area (Å²) in [6.07, 6.45) is 8.05. The summed E-state index contributed by atoms with van der Waals surface area (Å²) in [5, 5.41) is 7.76. The van der Waals surface area contributed by atoms with Gasteiger partial charge < -0.3 is 15.4 Å². The van der Waals surface area contributed by atoms with Crippen LogP contribution in [0.25, 0.3) is 12.2 Å². The largest absolute Gasteiger partial charge is 0.493 e. The minimum Gasteiger partial charge on any atom is -0.493 e. The van der Waals surface area contributed by atoms with E-state index in [-0.39, 0.29) is 0 Å². The van der Waals surface area contributed by atoms with Gasteiger partial charge >= 0.3 is 0 Å². The predicted molar refractivity (Wildman–Crippen MR) is 141 cm³/mol. The van der Waals surface area contributed by atoms with Crippen molar-refractivity contribution in [3.8, 4) is 5.75 Å². The molecule has 2 N–H and O–H groups in total. The molecule has 1 fully saturated rings. The first-order valence-electron chi connectivity index (χ1n) is 11.4. The zero-order valence-electron chi connectivity index (χ0n) is 18.6. The van der Waals surface area contributed by atoms with Gasteiger partial charge in [-0.2, -0.15) is 0 Å². The van der Waals surface area contributed by atoms with Crippen molar-refractivity contribution in [2.45, 2.75) is 19.4 Å². The quantitative estimate of drug-likeness (QED) is 0.319. The molecule has 4 nitrogen and oxygen atoms in total. The number of hydrogen-bond donors (Lipinski definition) is 2. The van der Waals surface area contributed by atoms with Crippen LogP contribution in [0.5, 0.6) is 5.75 Å². The molecule has 2 aromatic carbocycles. The first-order valence-corrected chi connectivity index (χ1v) is 12.5. The molecule has 0 radical (unpaired) electrons. The van der Waals surface area contributed by atoms with Gasteiger partial charge in [0, 0.05) is 34.4 Å². The summed E-state index contributed by atoms with van der Waals surface area (Å²) in [5.74, 6) is 1.59. The first kappa shape index (κ1) is 24.0. The van der Waals surface area contributed by atoms with Gasteiger partial charge in [0.2, 0.25) is 0 Å². The molecule has 1 aromatic heterocycles. The molecule has 1 aliphatic rings. The number of ether oxygens (including phenoxy) is 1. The minimum atomic E-state index is 0.591. The number of nitrogens with zero attached hydrogens (tertiary/aromatic N) is 1. The van der Waals surface area contributed by atoms with E-state index in [1.165, 1.54) is 12.0 Å². The second-order valence-electron chi connectivity index (χ2n) is 8.32. The van der Waals surface area contributed by atoms with Gasteiger partial charge in [-0.05, 0) is 85.1 Å². The van der Waals surface area contributed by atoms with E-state index < -0.39 is 0 Å². The summed E-state index contributed by atoms with van der Waals surface area (Å²) in [5.41, 5.74) is 4.43. The zero-order chi connectivity index (χ0) is 22.9. The van der Waals surface area contributed by atoms with Gasteiger partial charge in [-0.15, -0.1) is 0 Å². The van der Waals surface area contributed by atoms with E-state index in [2.05, 4.69) is 61.9 Å². The van der Waals surface area contributed by atoms with Gasteiger partial charge in [-0.25, -0.2) is 0 Å². The maximum atomic E-state index is 6.12. The molecule has 3 aromatic rings. The van der Waals surface area contributed by atoms with Crippen molar-refractivity contribution >= 4 is 39.7 Å². The fourth-order valence-corrected chi connectivity index (χ4v) is 4.73. The summed E-state index contributed by atoms with van der Waals surface area (Å²) in [7, 11) is 0. The Kier molecular flexibility index (Phi) is 8.95. The third kappa shape index (κ3) is 7.68. The first-order chi connectivity index (χ1) is 16.2. The SMILES string of the molecule is Clc1ccc(/C=C/c2cc(CNCC3CCNC3)cc(OCCc3ccccn3)c2)c(Br)c1. The number of aromatic nitrogens is 1. The lowest BCUT2D eigenvalue weighted by molar-refractivity contribution is 0.320. The van der Waals surface area contributed by atoms with Crippen LogP contribution in [0.4, 0.5) is 0 Å². The molecule has 0 aliphatic carbocycles. The van der Waals surface area contributed by atoms with Crippen LogP contribution in [0.15, 0.2) is 65.3 Å². The average Bonchev–Trinajstić information content (AvgIpc) is 3.33. The maximum absolute atomic E-state index is 6.12. The molecular weight excluding hydrogens is 498 g/mol. The van der Waals surface area contributed by atoms with Crippen LogP contribution in [0.2, 0.25) is 5.02 Å². The van der Waals surface area contributed by atoms with E-state index >= 15 is 0 Å². The molecule has 172 valence electrons. The van der Waals surface area contributed by atoms with Crippen molar-refractivity contribution in [3.05, 3.63) is 92.7 Å². The molecule has 6 heteroatoms. The molecule has 0 spiro atoms. The lowest BCUT2D eigenvalue weighted by atomic mass is 10.1. The van der Waals surface area contributed by atoms with Crippen LogP contribution in [0.1, 0.15) is 28.8 Å². The Morgan fingerprint density at radius 1 is 1.15 bits per heavy atom. The second kappa shape index (κ2) is 12.3. The van der Waals surface area contributed by atoms with Gasteiger partial charge in [-0.1, -0.05) is 57.9 Å². The Morgan fingerprint density at radius 2 is 2.09 bits per heavy atom. The van der Waals surface area contributed by atoms with Crippen LogP contribution in [-0.2, 0) is 13.0 Å². The van der Waals surface area contributed by atoms with Gasteiger partial charge in [0.15, 0.2) is 0 Å². The van der Waals surface area contributed by atoms with E-state index in [0.29, 0.717) is 17.5 Å². The molecule has 1 unspecified atom stereocenters. The van der Waals surface area contributed by atoms with E-state index in [1.807, 2.05) is 42.6 Å². The Bertz CT molecular complexity index is 1070. The molecule has 1 atom stereocenters. The topological polar surface area (TPSA) is 46.2 Å². The van der Waals surface area contributed by atoms with E-state index in [0.717, 1.165) is 59.6 Å². The van der Waals surface area contributed by atoms with Gasteiger partial charge in [0.1, 0.15) is 5.75 Å². The lowest BCUT2D eigenvalue weighted by Crippen LogP contribution is -2.24. The van der Waals surface area contributed by atoms with Crippen LogP contribution in [0.3, 0.4) is 0 Å². The number of rotatable bonds is 10. The van der Waals surface area contributed by atoms with Crippen molar-refractivity contribution in [2.24, 2.45) is 5.92 Å². The van der Waals surface area contributed by atoms with Crippen molar-refractivity contribution in [1.29, 1.82) is 0 Å². The minimum absolute atomic E-state index is 0.591. The Hall–Kier alpha value is -2.18. The van der Waals surface area contributed by atoms with Crippen molar-refractivity contribution < 1.29 is 4.74 Å². The molecular formula is C27H29BrClN3O. The number of halogens is 2. The zero-order valence-corrected chi connectivity index (χ0v) is 20.9. The van der Waals surface area contributed by atoms with E-state index in [1.54, 1.807) is 0 Å². The highest BCUT2D eigenvalue weighted by Crippen LogP contribution is 2.25. The standard InChI is InChI=1S/C27H29BrClN3O/c28-27-16-24(29)7-6-23(27)5-4-20-13-22(19-31-18-21-8-11-30-17-21)15-26(14-20)33-12-9-25-3-1-2-10-32-25/h1-7,10,13-16,21,30-31H,8-9,11-12,17-19H2/b5-4+. The molecule has 1 aliphatic heterocycles. The molecule has 0 saturated carbocycles. The highest BCUT2D eigenvalue weighted by Gasteiger charge is 2.13. The summed E-state index contributed by atoms with van der Waals surface area (Å²) in [4.78, 5) is 4.38. The molecule has 1 saturated heterocycles. The van der Waals surface area contributed by atoms with Crippen LogP contribution in [0, 0.1) is 5.92 Å². The summed E-state index contributed by atoms with van der Waals surface area (Å²) < 4.78 is 7.10. The van der Waals surface area contributed by atoms with Crippen LogP contribution in [-0.4, -0.2) is 31.2 Å². The monoisotopic (exact) mass is 525 g/mol. The average molecular weight is 527 g/mol. The third-order valence-electron chi connectivity index (χ3n) is 5.68. The van der Waals surface area contributed by atoms with E-state index in [4.69, 9.17) is 16.3 Å². The van der Waals surface area contributed by atoms with Crippen LogP contribution >= 0.6 is 27.5 Å². The molecule has 0 bridgehead atoms. The fraction of sp³-hybridized carbons (Fsp3) is 0.296. The highest BCUT2D eigenvalue weighted by atomic mass is 79.9. The predicted octanol–water partition coefficient (Wildman–Crippen LogP) is 5.99. The second-order valence-corrected chi connectivity index (χ2v) is 9.61. The Labute approximate surface area is 209 Å². The summed E-state index contributed by atoms with van der Waals surface area (Å²) in [6, 6.07) is 18.2. The van der Waals surface area contributed by atoms with Crippen molar-refractivity contribution in [1.82, 2.24) is 15.6 Å². The highest BCUT2D eigenvalue weighted by molar-refractivity contribution is 9.10. The van der Waals surface area contributed by atoms with Crippen LogP contribution < -0.4 is 15.4 Å². The molecule has 2 heterocycles. The molecule has 4 rings (SSSR count). The Balaban J connectivity index is 1.45. The van der Waals surface area contributed by atoms with Gasteiger partial charge in [0.25, 0.3) is 0 Å². The number of hydrogen-bond acceptors (Lipinski definition) is 4. The van der Waals surface area contributed by atoms with Crippen molar-refractivity contribution in [3.63, 3.8) is 0 Å². The normalized spacial score (nSPS) is 15.9. The van der Waals surface area contributed by atoms with E-state index in [9.17, 15) is 0 Å². The Morgan fingerprint density at radius 3 is 2.88 bits per heavy atom. The lowest BCUT2D eigenvalue weighted by Gasteiger charge is -2.13. The fourth-order valence-electron chi connectivity index (χ4n) is 3.92. The summed E-state index contributed by atoms with van der Waals surface area (Å²) >= 11 is 9.67. The smallest absolute Gasteiger partial charge is 0.120 e. The molecule has 33 heavy (non-hydrogen) atoms. The molecule has 0 amide bonds. The van der Waals surface area contributed by atoms with Gasteiger partial charge in [-0.3, -0.25) is 4.98 Å². The third-order valence-corrected chi connectivity index (χ3v) is 6.61. The van der Waals surface area contributed by atoms with Gasteiger partial charge in [0.05, 0.1) is 6.61 Å².